The molecule has 0 radical (unpaired) electrons. The van der Waals surface area contributed by atoms with E-state index in [1.54, 1.807) is 4.72 Å². The molecule has 1 saturated carbocycles. The fourth-order valence-corrected chi connectivity index (χ4v) is 2.63. The highest BCUT2D eigenvalue weighted by atomic mass is 32.2. The summed E-state index contributed by atoms with van der Waals surface area (Å²) in [7, 11) is -3.89. The van der Waals surface area contributed by atoms with Crippen molar-refractivity contribution in [1.29, 1.82) is 0 Å². The summed E-state index contributed by atoms with van der Waals surface area (Å²) in [6, 6.07) is 0. The molecule has 1 heterocycles. The molecule has 0 atom stereocenters. The predicted molar refractivity (Wildman–Crippen MR) is 48.2 cm³/mol. The van der Waals surface area contributed by atoms with E-state index in [-0.39, 0.29) is 5.92 Å². The Morgan fingerprint density at radius 2 is 2.00 bits per heavy atom. The Labute approximate surface area is 82.4 Å². The Balaban J connectivity index is 2.22. The lowest BCUT2D eigenvalue weighted by molar-refractivity contribution is -0.115. The number of allylic oxidation sites excluding steroid dienone is 1. The predicted octanol–water partition coefficient (Wildman–Crippen LogP) is 0.452. The van der Waals surface area contributed by atoms with Gasteiger partial charge in [-0.1, -0.05) is 12.8 Å². The minimum atomic E-state index is -3.89. The maximum absolute atomic E-state index is 11.0. The van der Waals surface area contributed by atoms with Gasteiger partial charge in [0.2, 0.25) is 0 Å². The van der Waals surface area contributed by atoms with Crippen molar-refractivity contribution >= 4 is 16.2 Å². The molecule has 2 aliphatic rings. The van der Waals surface area contributed by atoms with Crippen LogP contribution in [0.3, 0.4) is 0 Å². The van der Waals surface area contributed by atoms with Gasteiger partial charge in [-0.3, -0.25) is 4.79 Å². The van der Waals surface area contributed by atoms with Gasteiger partial charge in [0.1, 0.15) is 5.76 Å². The third-order valence-electron chi connectivity index (χ3n) is 2.46. The van der Waals surface area contributed by atoms with Crippen molar-refractivity contribution in [2.24, 2.45) is 5.92 Å². The summed E-state index contributed by atoms with van der Waals surface area (Å²) >= 11 is 0. The summed E-state index contributed by atoms with van der Waals surface area (Å²) in [5, 5.41) is 0. The SMILES string of the molecule is O=C1C=C(C2CCCC2)OS(=O)(=O)N1. The van der Waals surface area contributed by atoms with E-state index in [1.165, 1.54) is 6.08 Å². The Hall–Kier alpha value is -1.04. The molecule has 0 bridgehead atoms. The van der Waals surface area contributed by atoms with Gasteiger partial charge in [0.25, 0.3) is 5.91 Å². The summed E-state index contributed by atoms with van der Waals surface area (Å²) in [5.74, 6) is -0.222. The van der Waals surface area contributed by atoms with Gasteiger partial charge in [0.15, 0.2) is 0 Å². The largest absolute Gasteiger partial charge is 0.409 e. The molecule has 2 rings (SSSR count). The second-order valence-electron chi connectivity index (χ2n) is 3.53. The Morgan fingerprint density at radius 1 is 1.36 bits per heavy atom. The lowest BCUT2D eigenvalue weighted by Crippen LogP contribution is -2.35. The first-order chi connectivity index (χ1) is 6.57. The first kappa shape index (κ1) is 9.51. The number of carbonyl (C=O) groups excluding carboxylic acids is 1. The first-order valence-corrected chi connectivity index (χ1v) is 5.95. The number of rotatable bonds is 1. The zero-order valence-corrected chi connectivity index (χ0v) is 8.34. The number of hydrogen-bond donors (Lipinski definition) is 1. The van der Waals surface area contributed by atoms with Crippen molar-refractivity contribution in [2.75, 3.05) is 0 Å². The Morgan fingerprint density at radius 3 is 2.57 bits per heavy atom. The molecule has 0 unspecified atom stereocenters. The molecule has 78 valence electrons. The molecule has 1 N–H and O–H groups in total. The molecule has 0 saturated heterocycles. The summed E-state index contributed by atoms with van der Waals surface area (Å²) in [6.45, 7) is 0. The van der Waals surface area contributed by atoms with Crippen molar-refractivity contribution in [3.8, 4) is 0 Å². The van der Waals surface area contributed by atoms with Crippen molar-refractivity contribution in [1.82, 2.24) is 4.72 Å². The normalized spacial score (nSPS) is 26.6. The number of carbonyl (C=O) groups is 1. The van der Waals surface area contributed by atoms with Crippen LogP contribution in [0.5, 0.6) is 0 Å². The Kier molecular flexibility index (Phi) is 2.22. The molecule has 5 nitrogen and oxygen atoms in total. The quantitative estimate of drug-likeness (QED) is 0.692. The van der Waals surface area contributed by atoms with Crippen LogP contribution >= 0.6 is 0 Å². The van der Waals surface area contributed by atoms with E-state index in [0.29, 0.717) is 5.76 Å². The van der Waals surface area contributed by atoms with E-state index in [9.17, 15) is 13.2 Å². The van der Waals surface area contributed by atoms with E-state index >= 15 is 0 Å². The standard InChI is InChI=1S/C8H11NO4S/c10-8-5-7(6-3-1-2-4-6)13-14(11,12)9-8/h5-6H,1-4H2,(H,9,10). The van der Waals surface area contributed by atoms with Crippen LogP contribution in [0.2, 0.25) is 0 Å². The third kappa shape index (κ3) is 1.89. The molecular weight excluding hydrogens is 206 g/mol. The summed E-state index contributed by atoms with van der Waals surface area (Å²) in [5.41, 5.74) is 0. The maximum atomic E-state index is 11.0. The van der Waals surface area contributed by atoms with Crippen LogP contribution in [0.15, 0.2) is 11.8 Å². The monoisotopic (exact) mass is 217 g/mol. The van der Waals surface area contributed by atoms with Crippen LogP contribution in [0.4, 0.5) is 0 Å². The maximum Gasteiger partial charge on any atom is 0.409 e. The molecule has 6 heteroatoms. The smallest absolute Gasteiger partial charge is 0.371 e. The minimum absolute atomic E-state index is 0.0934. The average Bonchev–Trinajstić information content (AvgIpc) is 2.51. The van der Waals surface area contributed by atoms with Crippen LogP contribution in [-0.2, 0) is 19.3 Å². The van der Waals surface area contributed by atoms with Gasteiger partial charge in [0.05, 0.1) is 0 Å². The van der Waals surface area contributed by atoms with Crippen molar-refractivity contribution in [3.05, 3.63) is 11.8 Å². The Bertz CT molecular complexity index is 378. The molecule has 0 aromatic heterocycles. The number of nitrogens with one attached hydrogen (secondary N) is 1. The first-order valence-electron chi connectivity index (χ1n) is 4.54. The van der Waals surface area contributed by atoms with Gasteiger partial charge >= 0.3 is 10.3 Å². The van der Waals surface area contributed by atoms with Gasteiger partial charge in [-0.15, -0.1) is 0 Å². The lowest BCUT2D eigenvalue weighted by Gasteiger charge is -2.18. The fraction of sp³-hybridized carbons (Fsp3) is 0.625. The highest BCUT2D eigenvalue weighted by Gasteiger charge is 2.30. The highest BCUT2D eigenvalue weighted by molar-refractivity contribution is 7.85. The fourth-order valence-electron chi connectivity index (χ4n) is 1.85. The third-order valence-corrected chi connectivity index (χ3v) is 3.33. The molecular formula is C8H11NO4S. The molecule has 1 aliphatic carbocycles. The van der Waals surface area contributed by atoms with Gasteiger partial charge in [-0.25, -0.2) is 4.72 Å². The van der Waals surface area contributed by atoms with Gasteiger partial charge in [-0.2, -0.15) is 8.42 Å². The van der Waals surface area contributed by atoms with E-state index in [0.717, 1.165) is 25.7 Å². The molecule has 1 aliphatic heterocycles. The minimum Gasteiger partial charge on any atom is -0.371 e. The number of amides is 1. The van der Waals surface area contributed by atoms with E-state index in [1.807, 2.05) is 0 Å². The molecule has 0 aromatic carbocycles. The van der Waals surface area contributed by atoms with Crippen molar-refractivity contribution in [2.45, 2.75) is 25.7 Å². The van der Waals surface area contributed by atoms with Crippen LogP contribution in [0.1, 0.15) is 25.7 Å². The van der Waals surface area contributed by atoms with Crippen LogP contribution in [0, 0.1) is 5.92 Å². The van der Waals surface area contributed by atoms with E-state index in [4.69, 9.17) is 4.18 Å². The van der Waals surface area contributed by atoms with Crippen molar-refractivity contribution < 1.29 is 17.4 Å². The topological polar surface area (TPSA) is 72.5 Å². The van der Waals surface area contributed by atoms with Crippen LogP contribution in [0.25, 0.3) is 0 Å². The molecule has 1 fully saturated rings. The van der Waals surface area contributed by atoms with Crippen LogP contribution < -0.4 is 4.72 Å². The molecule has 1 amide bonds. The van der Waals surface area contributed by atoms with E-state index in [2.05, 4.69) is 0 Å². The second kappa shape index (κ2) is 3.27. The zero-order valence-electron chi connectivity index (χ0n) is 7.52. The summed E-state index contributed by atoms with van der Waals surface area (Å²) in [6.07, 6.45) is 5.15. The van der Waals surface area contributed by atoms with Gasteiger partial charge in [-0.05, 0) is 12.8 Å². The van der Waals surface area contributed by atoms with E-state index < -0.39 is 16.2 Å². The molecule has 0 spiro atoms. The summed E-state index contributed by atoms with van der Waals surface area (Å²) < 4.78 is 28.5. The van der Waals surface area contributed by atoms with Crippen LogP contribution in [-0.4, -0.2) is 14.3 Å². The highest BCUT2D eigenvalue weighted by Crippen LogP contribution is 2.33. The zero-order chi connectivity index (χ0) is 10.2. The summed E-state index contributed by atoms with van der Waals surface area (Å²) in [4.78, 5) is 11.0. The van der Waals surface area contributed by atoms with Gasteiger partial charge in [0, 0.05) is 12.0 Å². The molecule has 14 heavy (non-hydrogen) atoms. The second-order valence-corrected chi connectivity index (χ2v) is 4.81. The molecule has 0 aromatic rings. The lowest BCUT2D eigenvalue weighted by atomic mass is 10.1. The van der Waals surface area contributed by atoms with Crippen molar-refractivity contribution in [3.63, 3.8) is 0 Å². The van der Waals surface area contributed by atoms with Gasteiger partial charge < -0.3 is 4.18 Å². The average molecular weight is 217 g/mol. The number of hydrogen-bond acceptors (Lipinski definition) is 4.